The molecule has 1 aromatic heterocycles. The van der Waals surface area contributed by atoms with Crippen molar-refractivity contribution in [2.45, 2.75) is 38.8 Å². The Kier molecular flexibility index (Phi) is 3.98. The first-order valence-corrected chi connectivity index (χ1v) is 7.62. The fourth-order valence-corrected chi connectivity index (χ4v) is 3.04. The maximum absolute atomic E-state index is 12.5. The lowest BCUT2D eigenvalue weighted by atomic mass is 10.0. The number of rotatable bonds is 4. The average molecular weight is 300 g/mol. The zero-order valence-electron chi connectivity index (χ0n) is 12.8. The molecule has 1 fully saturated rings. The normalized spacial score (nSPS) is 19.3. The molecule has 0 unspecified atom stereocenters. The second-order valence-corrected chi connectivity index (χ2v) is 5.81. The van der Waals surface area contributed by atoms with E-state index < -0.39 is 11.7 Å². The van der Waals surface area contributed by atoms with E-state index in [-0.39, 0.29) is 12.1 Å². The number of carbonyl (C=O) groups is 2. The number of ether oxygens (including phenoxy) is 1. The van der Waals surface area contributed by atoms with E-state index >= 15 is 0 Å². The van der Waals surface area contributed by atoms with E-state index in [0.29, 0.717) is 11.3 Å². The molecule has 1 amide bonds. The number of fused-ring (bicyclic) bond motifs is 1. The lowest BCUT2D eigenvalue weighted by Gasteiger charge is -2.19. The van der Waals surface area contributed by atoms with E-state index in [0.717, 1.165) is 30.4 Å². The van der Waals surface area contributed by atoms with Crippen molar-refractivity contribution in [3.8, 4) is 0 Å². The zero-order chi connectivity index (χ0) is 15.7. The summed E-state index contributed by atoms with van der Waals surface area (Å²) in [5.41, 5.74) is 2.03. The molecule has 22 heavy (non-hydrogen) atoms. The highest BCUT2D eigenvalue weighted by Crippen LogP contribution is 2.22. The van der Waals surface area contributed by atoms with Crippen LogP contribution in [0.5, 0.6) is 0 Å². The van der Waals surface area contributed by atoms with Gasteiger partial charge in [0.25, 0.3) is 11.7 Å². The lowest BCUT2D eigenvalue weighted by molar-refractivity contribution is -0.118. The van der Waals surface area contributed by atoms with Gasteiger partial charge in [0.2, 0.25) is 0 Å². The largest absolute Gasteiger partial charge is 0.376 e. The first kappa shape index (κ1) is 14.8. The highest BCUT2D eigenvalue weighted by molar-refractivity contribution is 6.45. The molecule has 0 aliphatic carbocycles. The summed E-state index contributed by atoms with van der Waals surface area (Å²) in [4.78, 5) is 27.9. The van der Waals surface area contributed by atoms with Gasteiger partial charge in [-0.2, -0.15) is 0 Å². The molecule has 2 atom stereocenters. The SMILES string of the molecule is Cc1[nH]c2ccccc2c1C(=O)C(=O)N[C@H](C)[C@@H]1CCCO1. The monoisotopic (exact) mass is 300 g/mol. The van der Waals surface area contributed by atoms with Crippen molar-refractivity contribution in [2.24, 2.45) is 0 Å². The minimum absolute atomic E-state index is 0.000755. The molecule has 2 heterocycles. The molecule has 2 N–H and O–H groups in total. The molecule has 1 aliphatic heterocycles. The van der Waals surface area contributed by atoms with Crippen LogP contribution < -0.4 is 5.32 Å². The molecule has 1 aliphatic rings. The van der Waals surface area contributed by atoms with Gasteiger partial charge in [0.1, 0.15) is 0 Å². The van der Waals surface area contributed by atoms with Gasteiger partial charge >= 0.3 is 0 Å². The van der Waals surface area contributed by atoms with Crippen molar-refractivity contribution in [3.05, 3.63) is 35.5 Å². The van der Waals surface area contributed by atoms with Crippen molar-refractivity contribution >= 4 is 22.6 Å². The third kappa shape index (κ3) is 2.64. The summed E-state index contributed by atoms with van der Waals surface area (Å²) in [6, 6.07) is 7.34. The Balaban J connectivity index is 1.80. The van der Waals surface area contributed by atoms with Gasteiger partial charge in [0, 0.05) is 23.2 Å². The molecule has 5 nitrogen and oxygen atoms in total. The van der Waals surface area contributed by atoms with Crippen LogP contribution in [-0.4, -0.2) is 35.4 Å². The highest BCUT2D eigenvalue weighted by Gasteiger charge is 2.28. The first-order valence-electron chi connectivity index (χ1n) is 7.62. The van der Waals surface area contributed by atoms with Gasteiger partial charge in [-0.15, -0.1) is 0 Å². The van der Waals surface area contributed by atoms with Crippen LogP contribution in [0, 0.1) is 6.92 Å². The Morgan fingerprint density at radius 3 is 2.86 bits per heavy atom. The topological polar surface area (TPSA) is 71.2 Å². The third-order valence-corrected chi connectivity index (χ3v) is 4.21. The minimum atomic E-state index is -0.573. The second-order valence-electron chi connectivity index (χ2n) is 5.81. The Hall–Kier alpha value is -2.14. The van der Waals surface area contributed by atoms with E-state index in [1.165, 1.54) is 0 Å². The quantitative estimate of drug-likeness (QED) is 0.672. The number of benzene rings is 1. The van der Waals surface area contributed by atoms with Crippen LogP contribution in [0.25, 0.3) is 10.9 Å². The van der Waals surface area contributed by atoms with E-state index in [2.05, 4.69) is 10.3 Å². The van der Waals surface area contributed by atoms with E-state index in [1.54, 1.807) is 0 Å². The van der Waals surface area contributed by atoms with Crippen LogP contribution in [0.2, 0.25) is 0 Å². The molecule has 0 spiro atoms. The molecule has 3 rings (SSSR count). The molecule has 5 heteroatoms. The average Bonchev–Trinajstić information content (AvgIpc) is 3.13. The smallest absolute Gasteiger partial charge is 0.292 e. The summed E-state index contributed by atoms with van der Waals surface area (Å²) in [5, 5.41) is 3.56. The number of aromatic nitrogens is 1. The number of para-hydroxylation sites is 1. The van der Waals surface area contributed by atoms with Crippen LogP contribution in [0.3, 0.4) is 0 Å². The number of H-pyrrole nitrogens is 1. The lowest BCUT2D eigenvalue weighted by Crippen LogP contribution is -2.44. The molecule has 116 valence electrons. The number of aromatic amines is 1. The maximum atomic E-state index is 12.5. The van der Waals surface area contributed by atoms with Crippen molar-refractivity contribution < 1.29 is 14.3 Å². The summed E-state index contributed by atoms with van der Waals surface area (Å²) in [5.74, 6) is -1.07. The highest BCUT2D eigenvalue weighted by atomic mass is 16.5. The maximum Gasteiger partial charge on any atom is 0.292 e. The molecular formula is C17H20N2O3. The van der Waals surface area contributed by atoms with Gasteiger partial charge in [0.15, 0.2) is 0 Å². The predicted molar refractivity (Wildman–Crippen MR) is 83.9 cm³/mol. The summed E-state index contributed by atoms with van der Waals surface area (Å²) >= 11 is 0. The van der Waals surface area contributed by atoms with Crippen LogP contribution in [0.15, 0.2) is 24.3 Å². The zero-order valence-corrected chi connectivity index (χ0v) is 12.8. The van der Waals surface area contributed by atoms with Gasteiger partial charge < -0.3 is 15.0 Å². The number of hydrogen-bond donors (Lipinski definition) is 2. The molecule has 0 bridgehead atoms. The van der Waals surface area contributed by atoms with Crippen LogP contribution in [0.4, 0.5) is 0 Å². The van der Waals surface area contributed by atoms with E-state index in [1.807, 2.05) is 38.1 Å². The van der Waals surface area contributed by atoms with Gasteiger partial charge in [-0.25, -0.2) is 0 Å². The van der Waals surface area contributed by atoms with Crippen molar-refractivity contribution in [1.29, 1.82) is 0 Å². The van der Waals surface area contributed by atoms with Crippen LogP contribution >= 0.6 is 0 Å². The molecule has 1 saturated heterocycles. The van der Waals surface area contributed by atoms with Gasteiger partial charge in [-0.3, -0.25) is 9.59 Å². The fourth-order valence-electron chi connectivity index (χ4n) is 3.04. The Bertz CT molecular complexity index is 714. The summed E-state index contributed by atoms with van der Waals surface area (Å²) in [7, 11) is 0. The molecule has 1 aromatic carbocycles. The van der Waals surface area contributed by atoms with Crippen LogP contribution in [0.1, 0.15) is 35.8 Å². The number of hydrogen-bond acceptors (Lipinski definition) is 3. The van der Waals surface area contributed by atoms with Crippen molar-refractivity contribution in [3.63, 3.8) is 0 Å². The Morgan fingerprint density at radius 1 is 1.36 bits per heavy atom. The summed E-state index contributed by atoms with van der Waals surface area (Å²) in [6.07, 6.45) is 1.92. The number of nitrogens with one attached hydrogen (secondary N) is 2. The number of Topliss-reactive ketones (excluding diaryl/α,β-unsaturated/α-hetero) is 1. The Morgan fingerprint density at radius 2 is 2.14 bits per heavy atom. The standard InChI is InChI=1S/C17H20N2O3/c1-10(14-8-5-9-22-14)19-17(21)16(20)15-11(2)18-13-7-4-3-6-12(13)15/h3-4,6-7,10,14,18H,5,8-9H2,1-2H3,(H,19,21)/t10-,14+/m1/s1. The van der Waals surface area contributed by atoms with E-state index in [9.17, 15) is 9.59 Å². The van der Waals surface area contributed by atoms with Crippen molar-refractivity contribution in [2.75, 3.05) is 6.61 Å². The summed E-state index contributed by atoms with van der Waals surface area (Å²) in [6.45, 7) is 4.41. The second kappa shape index (κ2) is 5.93. The van der Waals surface area contributed by atoms with Crippen molar-refractivity contribution in [1.82, 2.24) is 10.3 Å². The molecule has 2 aromatic rings. The van der Waals surface area contributed by atoms with Gasteiger partial charge in [-0.1, -0.05) is 18.2 Å². The van der Waals surface area contributed by atoms with Gasteiger partial charge in [0.05, 0.1) is 17.7 Å². The first-order chi connectivity index (χ1) is 10.6. The fraction of sp³-hybridized carbons (Fsp3) is 0.412. The molecule has 0 saturated carbocycles. The number of carbonyl (C=O) groups excluding carboxylic acids is 2. The minimum Gasteiger partial charge on any atom is -0.376 e. The van der Waals surface area contributed by atoms with Crippen LogP contribution in [-0.2, 0) is 9.53 Å². The number of ketones is 1. The van der Waals surface area contributed by atoms with E-state index in [4.69, 9.17) is 4.74 Å². The predicted octanol–water partition coefficient (Wildman–Crippen LogP) is 2.34. The number of amides is 1. The summed E-state index contributed by atoms with van der Waals surface area (Å²) < 4.78 is 5.55. The Labute approximate surface area is 129 Å². The molecule has 0 radical (unpaired) electrons. The third-order valence-electron chi connectivity index (χ3n) is 4.21. The van der Waals surface area contributed by atoms with Gasteiger partial charge in [-0.05, 0) is 32.8 Å². The number of aryl methyl sites for hydroxylation is 1. The molecular weight excluding hydrogens is 280 g/mol.